The number of rotatable bonds is 4. The minimum atomic E-state index is -0.675. The molecule has 0 N–H and O–H groups in total. The molecule has 0 spiro atoms. The lowest BCUT2D eigenvalue weighted by Gasteiger charge is -2.19. The van der Waals surface area contributed by atoms with Crippen molar-refractivity contribution in [3.8, 4) is 0 Å². The van der Waals surface area contributed by atoms with Gasteiger partial charge in [-0.15, -0.1) is 0 Å². The molecule has 2 aromatic carbocycles. The maximum Gasteiger partial charge on any atom is 0.263 e. The third-order valence-electron chi connectivity index (χ3n) is 2.76. The SMILES string of the molecule is BO[P@](c1ccccc1)c1ccccc1CC. The minimum absolute atomic E-state index is 0.675. The van der Waals surface area contributed by atoms with Crippen LogP contribution in [0.25, 0.3) is 0 Å². The van der Waals surface area contributed by atoms with Gasteiger partial charge in [-0.3, -0.25) is 0 Å². The fourth-order valence-electron chi connectivity index (χ4n) is 1.91. The lowest BCUT2D eigenvalue weighted by molar-refractivity contribution is 0.705. The maximum atomic E-state index is 5.73. The van der Waals surface area contributed by atoms with E-state index in [1.165, 1.54) is 16.2 Å². The Morgan fingerprint density at radius 3 is 2.29 bits per heavy atom. The quantitative estimate of drug-likeness (QED) is 0.589. The van der Waals surface area contributed by atoms with E-state index < -0.39 is 8.15 Å². The Labute approximate surface area is 105 Å². The minimum Gasteiger partial charge on any atom is -0.417 e. The normalized spacial score (nSPS) is 12.3. The Bertz CT molecular complexity index is 473. The Hall–Kier alpha value is -1.11. The molecule has 1 atom stereocenters. The molecular weight excluding hydrogens is 226 g/mol. The van der Waals surface area contributed by atoms with Crippen LogP contribution in [0.4, 0.5) is 0 Å². The van der Waals surface area contributed by atoms with E-state index in [9.17, 15) is 0 Å². The van der Waals surface area contributed by atoms with Crippen LogP contribution in [0.15, 0.2) is 54.6 Å². The molecule has 0 aromatic heterocycles. The molecule has 0 fully saturated rings. The highest BCUT2D eigenvalue weighted by atomic mass is 31.1. The zero-order chi connectivity index (χ0) is 12.1. The molecule has 0 bridgehead atoms. The number of hydrogen-bond acceptors (Lipinski definition) is 1. The molecular formula is C14H16BOP. The number of aryl methyl sites for hydroxylation is 1. The van der Waals surface area contributed by atoms with E-state index in [1.54, 1.807) is 8.05 Å². The van der Waals surface area contributed by atoms with E-state index in [2.05, 4.69) is 55.5 Å². The predicted octanol–water partition coefficient (Wildman–Crippen LogP) is 2.16. The van der Waals surface area contributed by atoms with Crippen LogP contribution in [0.3, 0.4) is 0 Å². The molecule has 0 aliphatic rings. The second kappa shape index (κ2) is 6.00. The van der Waals surface area contributed by atoms with Gasteiger partial charge in [-0.05, 0) is 12.0 Å². The Balaban J connectivity index is 2.42. The number of hydrogen-bond donors (Lipinski definition) is 0. The average Bonchev–Trinajstić information content (AvgIpc) is 2.41. The third kappa shape index (κ3) is 2.77. The zero-order valence-corrected chi connectivity index (χ0v) is 11.2. The summed E-state index contributed by atoms with van der Waals surface area (Å²) in [5, 5.41) is 2.60. The molecule has 0 aliphatic heterocycles. The lowest BCUT2D eigenvalue weighted by Crippen LogP contribution is -2.16. The maximum absolute atomic E-state index is 5.73. The molecule has 2 rings (SSSR count). The van der Waals surface area contributed by atoms with E-state index in [-0.39, 0.29) is 0 Å². The van der Waals surface area contributed by atoms with Crippen molar-refractivity contribution < 1.29 is 4.44 Å². The van der Waals surface area contributed by atoms with Gasteiger partial charge in [-0.1, -0.05) is 61.5 Å². The topological polar surface area (TPSA) is 9.23 Å². The van der Waals surface area contributed by atoms with Gasteiger partial charge < -0.3 is 4.44 Å². The fraction of sp³-hybridized carbons (Fsp3) is 0.143. The summed E-state index contributed by atoms with van der Waals surface area (Å²) in [7, 11) is 1.12. The van der Waals surface area contributed by atoms with Crippen molar-refractivity contribution in [1.82, 2.24) is 0 Å². The zero-order valence-electron chi connectivity index (χ0n) is 10.3. The van der Waals surface area contributed by atoms with Gasteiger partial charge in [0.25, 0.3) is 8.05 Å². The van der Waals surface area contributed by atoms with Crippen LogP contribution in [-0.4, -0.2) is 8.05 Å². The van der Waals surface area contributed by atoms with Gasteiger partial charge in [0.05, 0.1) is 8.15 Å². The van der Waals surface area contributed by atoms with E-state index in [0.29, 0.717) is 0 Å². The summed E-state index contributed by atoms with van der Waals surface area (Å²) in [4.78, 5) is 0. The van der Waals surface area contributed by atoms with Gasteiger partial charge in [-0.2, -0.15) is 0 Å². The summed E-state index contributed by atoms with van der Waals surface area (Å²) >= 11 is 0. The van der Waals surface area contributed by atoms with E-state index in [0.717, 1.165) is 6.42 Å². The van der Waals surface area contributed by atoms with Crippen LogP contribution in [0.5, 0.6) is 0 Å². The molecule has 0 amide bonds. The predicted molar refractivity (Wildman–Crippen MR) is 78.1 cm³/mol. The summed E-state index contributed by atoms with van der Waals surface area (Å²) < 4.78 is 5.73. The van der Waals surface area contributed by atoms with Gasteiger partial charge in [0.15, 0.2) is 0 Å². The van der Waals surface area contributed by atoms with Crippen molar-refractivity contribution >= 4 is 26.8 Å². The second-order valence-corrected chi connectivity index (χ2v) is 5.75. The summed E-state index contributed by atoms with van der Waals surface area (Å²) in [6.07, 6.45) is 1.05. The summed E-state index contributed by atoms with van der Waals surface area (Å²) in [6, 6.07) is 19.0. The van der Waals surface area contributed by atoms with Gasteiger partial charge in [0.2, 0.25) is 0 Å². The van der Waals surface area contributed by atoms with Crippen molar-refractivity contribution in [2.24, 2.45) is 0 Å². The average molecular weight is 242 g/mol. The van der Waals surface area contributed by atoms with Crippen molar-refractivity contribution in [3.63, 3.8) is 0 Å². The van der Waals surface area contributed by atoms with Crippen LogP contribution in [0, 0.1) is 0 Å². The van der Waals surface area contributed by atoms with Gasteiger partial charge in [-0.25, -0.2) is 0 Å². The highest BCUT2D eigenvalue weighted by Crippen LogP contribution is 2.34. The van der Waals surface area contributed by atoms with E-state index in [1.807, 2.05) is 6.07 Å². The molecule has 86 valence electrons. The third-order valence-corrected chi connectivity index (χ3v) is 4.77. The highest BCUT2D eigenvalue weighted by Gasteiger charge is 2.15. The Morgan fingerprint density at radius 1 is 1.00 bits per heavy atom. The van der Waals surface area contributed by atoms with Gasteiger partial charge in [0.1, 0.15) is 0 Å². The van der Waals surface area contributed by atoms with E-state index >= 15 is 0 Å². The first-order chi connectivity index (χ1) is 8.36. The molecule has 0 saturated heterocycles. The van der Waals surface area contributed by atoms with Crippen molar-refractivity contribution in [2.45, 2.75) is 13.3 Å². The van der Waals surface area contributed by atoms with Crippen molar-refractivity contribution in [3.05, 3.63) is 60.2 Å². The molecule has 0 unspecified atom stereocenters. The molecule has 0 saturated carbocycles. The molecule has 2 aromatic rings. The summed E-state index contributed by atoms with van der Waals surface area (Å²) in [5.74, 6) is 0. The van der Waals surface area contributed by atoms with Crippen LogP contribution in [-0.2, 0) is 10.9 Å². The molecule has 0 radical (unpaired) electrons. The highest BCUT2D eigenvalue weighted by molar-refractivity contribution is 7.69. The first-order valence-electron chi connectivity index (χ1n) is 5.84. The monoisotopic (exact) mass is 242 g/mol. The lowest BCUT2D eigenvalue weighted by atomic mass is 10.2. The van der Waals surface area contributed by atoms with E-state index in [4.69, 9.17) is 4.44 Å². The van der Waals surface area contributed by atoms with Crippen LogP contribution in [0.2, 0.25) is 0 Å². The smallest absolute Gasteiger partial charge is 0.263 e. The number of benzene rings is 2. The fourth-order valence-corrected chi connectivity index (χ4v) is 3.76. The van der Waals surface area contributed by atoms with Crippen molar-refractivity contribution in [1.29, 1.82) is 0 Å². The van der Waals surface area contributed by atoms with Crippen LogP contribution >= 0.6 is 8.15 Å². The Kier molecular flexibility index (Phi) is 4.36. The van der Waals surface area contributed by atoms with Crippen LogP contribution < -0.4 is 10.6 Å². The first kappa shape index (κ1) is 12.4. The standard InChI is InChI=1S/C14H16BOP/c1-2-12-8-6-7-11-14(12)17(16-15)13-9-4-3-5-10-13/h3-11H,2,15H2,1H3/t17-/m1/s1. The summed E-state index contributed by atoms with van der Waals surface area (Å²) in [5.41, 5.74) is 1.38. The molecule has 17 heavy (non-hydrogen) atoms. The van der Waals surface area contributed by atoms with Gasteiger partial charge >= 0.3 is 0 Å². The molecule has 1 nitrogen and oxygen atoms in total. The van der Waals surface area contributed by atoms with Crippen LogP contribution in [0.1, 0.15) is 12.5 Å². The van der Waals surface area contributed by atoms with Crippen molar-refractivity contribution in [2.75, 3.05) is 0 Å². The molecule has 0 aliphatic carbocycles. The second-order valence-electron chi connectivity index (χ2n) is 3.79. The summed E-state index contributed by atoms with van der Waals surface area (Å²) in [6.45, 7) is 2.19. The largest absolute Gasteiger partial charge is 0.417 e. The molecule has 0 heterocycles. The van der Waals surface area contributed by atoms with Gasteiger partial charge in [0, 0.05) is 10.6 Å². The first-order valence-corrected chi connectivity index (χ1v) is 7.10. The Morgan fingerprint density at radius 2 is 1.65 bits per heavy atom. The molecule has 3 heteroatoms.